The normalized spacial score (nSPS) is 19.8. The number of aryl methyl sites for hydroxylation is 1. The van der Waals surface area contributed by atoms with Gasteiger partial charge >= 0.3 is 24.3 Å². The van der Waals surface area contributed by atoms with E-state index < -0.39 is 24.3 Å². The zero-order chi connectivity index (χ0) is 29.2. The summed E-state index contributed by atoms with van der Waals surface area (Å²) in [7, 11) is 0. The van der Waals surface area contributed by atoms with Crippen LogP contribution in [0.1, 0.15) is 24.2 Å². The molecule has 2 saturated heterocycles. The fourth-order valence-corrected chi connectivity index (χ4v) is 4.05. The number of alkyl halides is 6. The van der Waals surface area contributed by atoms with Crippen molar-refractivity contribution in [2.24, 2.45) is 0 Å². The van der Waals surface area contributed by atoms with Crippen molar-refractivity contribution in [3.8, 4) is 0 Å². The Kier molecular flexibility index (Phi) is 11.5. The number of hydrogen-bond acceptors (Lipinski definition) is 7. The molecule has 15 heteroatoms. The number of fused-ring (bicyclic) bond motifs is 1. The molecule has 2 N–H and O–H groups in total. The van der Waals surface area contributed by atoms with Crippen LogP contribution in [0.15, 0.2) is 42.7 Å². The van der Waals surface area contributed by atoms with Crippen LogP contribution in [0.5, 0.6) is 0 Å². The molecule has 0 amide bonds. The van der Waals surface area contributed by atoms with Crippen molar-refractivity contribution in [1.82, 2.24) is 14.9 Å². The predicted octanol–water partition coefficient (Wildman–Crippen LogP) is 3.92. The summed E-state index contributed by atoms with van der Waals surface area (Å²) >= 11 is 0. The molecule has 0 spiro atoms. The Balaban J connectivity index is 0.000000317. The number of likely N-dealkylation sites (tertiary alicyclic amines) is 1. The number of aliphatic carboxylic acids is 2. The molecule has 9 nitrogen and oxygen atoms in total. The predicted molar refractivity (Wildman–Crippen MR) is 126 cm³/mol. The Bertz CT molecular complexity index is 1050. The monoisotopic (exact) mass is 566 g/mol. The quantitative estimate of drug-likeness (QED) is 0.534. The maximum Gasteiger partial charge on any atom is 0.490 e. The maximum absolute atomic E-state index is 10.6. The summed E-state index contributed by atoms with van der Waals surface area (Å²) in [6, 6.07) is 10.9. The molecular formula is C24H28F6N4O5. The van der Waals surface area contributed by atoms with Gasteiger partial charge < -0.3 is 19.8 Å². The van der Waals surface area contributed by atoms with Gasteiger partial charge in [-0.05, 0) is 44.0 Å². The number of pyridine rings is 2. The van der Waals surface area contributed by atoms with Crippen molar-refractivity contribution in [3.05, 3.63) is 54.1 Å². The molecule has 216 valence electrons. The maximum atomic E-state index is 10.6. The number of morpholine rings is 1. The minimum absolute atomic E-state index is 0.310. The van der Waals surface area contributed by atoms with Crippen LogP contribution >= 0.6 is 0 Å². The number of ether oxygens (including phenoxy) is 1. The highest BCUT2D eigenvalue weighted by Crippen LogP contribution is 2.28. The van der Waals surface area contributed by atoms with Crippen LogP contribution in [0.3, 0.4) is 0 Å². The third-order valence-corrected chi connectivity index (χ3v) is 5.76. The number of rotatable bonds is 3. The SMILES string of the molecule is Cc1cccc(CN2CCC3OCCN(c4cccnc4)C3CC2)n1.O=C(O)C(F)(F)F.O=C(O)C(F)(F)F. The number of carbonyl (C=O) groups is 2. The first kappa shape index (κ1) is 31.8. The topological polar surface area (TPSA) is 116 Å². The number of halogens is 6. The zero-order valence-electron chi connectivity index (χ0n) is 20.8. The molecule has 0 bridgehead atoms. The van der Waals surface area contributed by atoms with Crippen LogP contribution < -0.4 is 4.90 Å². The van der Waals surface area contributed by atoms with Crippen molar-refractivity contribution in [1.29, 1.82) is 0 Å². The number of carboxylic acids is 2. The minimum Gasteiger partial charge on any atom is -0.475 e. The van der Waals surface area contributed by atoms with E-state index in [0.29, 0.717) is 12.1 Å². The number of anilines is 1. The van der Waals surface area contributed by atoms with Crippen LogP contribution in [-0.2, 0) is 20.9 Å². The van der Waals surface area contributed by atoms with Gasteiger partial charge in [-0.15, -0.1) is 0 Å². The van der Waals surface area contributed by atoms with Gasteiger partial charge in [0.15, 0.2) is 0 Å². The fourth-order valence-electron chi connectivity index (χ4n) is 4.05. The van der Waals surface area contributed by atoms with E-state index in [4.69, 9.17) is 24.5 Å². The molecule has 0 aliphatic carbocycles. The summed E-state index contributed by atoms with van der Waals surface area (Å²) in [5, 5.41) is 14.2. The summed E-state index contributed by atoms with van der Waals surface area (Å²) in [6.07, 6.45) is -3.85. The molecule has 2 aromatic heterocycles. The van der Waals surface area contributed by atoms with Crippen molar-refractivity contribution in [2.75, 3.05) is 31.1 Å². The van der Waals surface area contributed by atoms with Crippen molar-refractivity contribution in [2.45, 2.75) is 50.8 Å². The molecule has 2 unspecified atom stereocenters. The standard InChI is InChI=1S/C20H26N4O.2C2HF3O2/c1-16-4-2-5-17(22-16)15-23-10-7-19-20(8-11-23)25-13-12-24(19)18-6-3-9-21-14-18;2*3-2(4,5)1(6)7/h2-6,9,14,19-20H,7-8,10-13,15H2,1H3;2*(H,6,7). The Morgan fingerprint density at radius 3 is 2.13 bits per heavy atom. The van der Waals surface area contributed by atoms with Crippen molar-refractivity contribution < 1.29 is 50.9 Å². The summed E-state index contributed by atoms with van der Waals surface area (Å²) in [5.74, 6) is -5.51. The molecule has 2 aromatic rings. The van der Waals surface area contributed by atoms with Gasteiger partial charge in [-0.1, -0.05) is 6.07 Å². The number of nitrogens with zero attached hydrogens (tertiary/aromatic N) is 4. The second-order valence-corrected chi connectivity index (χ2v) is 8.61. The lowest BCUT2D eigenvalue weighted by atomic mass is 10.0. The summed E-state index contributed by atoms with van der Waals surface area (Å²) in [6.45, 7) is 6.88. The highest BCUT2D eigenvalue weighted by Gasteiger charge is 2.39. The van der Waals surface area contributed by atoms with E-state index >= 15 is 0 Å². The van der Waals surface area contributed by atoms with E-state index in [1.54, 1.807) is 0 Å². The Morgan fingerprint density at radius 1 is 0.974 bits per heavy atom. The van der Waals surface area contributed by atoms with E-state index in [2.05, 4.69) is 51.0 Å². The molecule has 0 aromatic carbocycles. The third-order valence-electron chi connectivity index (χ3n) is 5.76. The molecule has 4 rings (SSSR count). The summed E-state index contributed by atoms with van der Waals surface area (Å²) in [4.78, 5) is 31.8. The van der Waals surface area contributed by atoms with Gasteiger partial charge in [0.25, 0.3) is 0 Å². The highest BCUT2D eigenvalue weighted by molar-refractivity contribution is 5.73. The van der Waals surface area contributed by atoms with Gasteiger partial charge in [0.05, 0.1) is 36.3 Å². The van der Waals surface area contributed by atoms with E-state index in [9.17, 15) is 26.3 Å². The van der Waals surface area contributed by atoms with E-state index in [1.807, 2.05) is 18.5 Å². The molecule has 2 atom stereocenters. The minimum atomic E-state index is -5.08. The van der Waals surface area contributed by atoms with Crippen LogP contribution in [-0.4, -0.2) is 87.8 Å². The summed E-state index contributed by atoms with van der Waals surface area (Å²) < 4.78 is 69.6. The molecule has 0 radical (unpaired) electrons. The average Bonchev–Trinajstić information content (AvgIpc) is 3.06. The van der Waals surface area contributed by atoms with Gasteiger partial charge in [-0.25, -0.2) is 9.59 Å². The van der Waals surface area contributed by atoms with E-state index in [-0.39, 0.29) is 0 Å². The zero-order valence-corrected chi connectivity index (χ0v) is 20.8. The molecule has 39 heavy (non-hydrogen) atoms. The molecule has 2 aliphatic rings. The molecule has 0 saturated carbocycles. The first-order valence-electron chi connectivity index (χ1n) is 11.7. The number of carboxylic acid groups (broad SMARTS) is 2. The van der Waals surface area contributed by atoms with Gasteiger partial charge in [0, 0.05) is 38.1 Å². The van der Waals surface area contributed by atoms with Gasteiger partial charge in [-0.3, -0.25) is 14.9 Å². The van der Waals surface area contributed by atoms with Crippen molar-refractivity contribution in [3.63, 3.8) is 0 Å². The molecule has 4 heterocycles. The van der Waals surface area contributed by atoms with Crippen molar-refractivity contribution >= 4 is 17.6 Å². The largest absolute Gasteiger partial charge is 0.490 e. The highest BCUT2D eigenvalue weighted by atomic mass is 19.4. The van der Waals surface area contributed by atoms with Crippen LogP contribution in [0.2, 0.25) is 0 Å². The number of aromatic nitrogens is 2. The van der Waals surface area contributed by atoms with Crippen LogP contribution in [0.4, 0.5) is 32.0 Å². The smallest absolute Gasteiger partial charge is 0.475 e. The average molecular weight is 566 g/mol. The first-order chi connectivity index (χ1) is 18.2. The fraction of sp³-hybridized carbons (Fsp3) is 0.500. The van der Waals surface area contributed by atoms with E-state index in [0.717, 1.165) is 57.0 Å². The molecular weight excluding hydrogens is 538 g/mol. The lowest BCUT2D eigenvalue weighted by molar-refractivity contribution is -0.193. The molecule has 2 fully saturated rings. The first-order valence-corrected chi connectivity index (χ1v) is 11.7. The summed E-state index contributed by atoms with van der Waals surface area (Å²) in [5.41, 5.74) is 3.47. The van der Waals surface area contributed by atoms with Gasteiger partial charge in [0.2, 0.25) is 0 Å². The third kappa shape index (κ3) is 10.7. The Morgan fingerprint density at radius 2 is 1.59 bits per heavy atom. The second-order valence-electron chi connectivity index (χ2n) is 8.61. The van der Waals surface area contributed by atoms with E-state index in [1.165, 1.54) is 5.69 Å². The second kappa shape index (κ2) is 14.1. The van der Waals surface area contributed by atoms with Crippen LogP contribution in [0, 0.1) is 6.92 Å². The molecule has 2 aliphatic heterocycles. The lowest BCUT2D eigenvalue weighted by Crippen LogP contribution is -2.51. The Hall–Kier alpha value is -3.46. The number of hydrogen-bond donors (Lipinski definition) is 2. The lowest BCUT2D eigenvalue weighted by Gasteiger charge is -2.41. The Labute approximate surface area is 220 Å². The van der Waals surface area contributed by atoms with Gasteiger partial charge in [0.1, 0.15) is 0 Å². The van der Waals surface area contributed by atoms with Gasteiger partial charge in [-0.2, -0.15) is 26.3 Å². The van der Waals surface area contributed by atoms with Crippen LogP contribution in [0.25, 0.3) is 0 Å².